The van der Waals surface area contributed by atoms with Gasteiger partial charge in [-0.05, 0) is 0 Å². The highest BCUT2D eigenvalue weighted by Gasteiger charge is 2.52. The summed E-state index contributed by atoms with van der Waals surface area (Å²) in [7, 11) is 0. The molecule has 0 radical (unpaired) electrons. The van der Waals surface area contributed by atoms with Crippen molar-refractivity contribution < 1.29 is 47.6 Å². The van der Waals surface area contributed by atoms with Crippen molar-refractivity contribution >= 4 is 23.9 Å². The molecule has 0 unspecified atom stereocenters. The first-order valence-corrected chi connectivity index (χ1v) is 8.18. The lowest BCUT2D eigenvalue weighted by molar-refractivity contribution is -0.303. The Morgan fingerprint density at radius 2 is 1.41 bits per heavy atom. The highest BCUT2D eigenvalue weighted by molar-refractivity contribution is 5.68. The number of carbonyl (C=O) groups excluding carboxylic acids is 4. The van der Waals surface area contributed by atoms with Gasteiger partial charge in [-0.2, -0.15) is 0 Å². The molecule has 0 aromatic carbocycles. The van der Waals surface area contributed by atoms with E-state index in [9.17, 15) is 19.2 Å². The largest absolute Gasteiger partial charge is 0.463 e. The molecule has 5 atom stereocenters. The summed E-state index contributed by atoms with van der Waals surface area (Å²) in [5.74, 6) is -2.63. The van der Waals surface area contributed by atoms with Crippen LogP contribution in [-0.2, 0) is 47.6 Å². The van der Waals surface area contributed by atoms with Crippen LogP contribution < -0.4 is 0 Å². The van der Waals surface area contributed by atoms with Gasteiger partial charge in [0.15, 0.2) is 12.2 Å². The van der Waals surface area contributed by atoms with Crippen LogP contribution in [0.3, 0.4) is 0 Å². The molecule has 0 aromatic rings. The van der Waals surface area contributed by atoms with Crippen molar-refractivity contribution in [2.24, 2.45) is 0 Å². The van der Waals surface area contributed by atoms with Gasteiger partial charge < -0.3 is 28.4 Å². The molecular formula is C17H24O10. The van der Waals surface area contributed by atoms with Gasteiger partial charge in [0, 0.05) is 27.7 Å². The highest BCUT2D eigenvalue weighted by Crippen LogP contribution is 2.29. The average molecular weight is 388 g/mol. The Morgan fingerprint density at radius 3 is 1.89 bits per heavy atom. The quantitative estimate of drug-likeness (QED) is 0.325. The van der Waals surface area contributed by atoms with Crippen LogP contribution >= 0.6 is 0 Å². The first-order valence-electron chi connectivity index (χ1n) is 8.18. The Bertz CT molecular complexity index is 572. The second kappa shape index (κ2) is 10.6. The summed E-state index contributed by atoms with van der Waals surface area (Å²) in [5.41, 5.74) is 0. The van der Waals surface area contributed by atoms with Gasteiger partial charge in [0.1, 0.15) is 18.8 Å². The predicted octanol–water partition coefficient (Wildman–Crippen LogP) is 0.272. The number of hydrogen-bond donors (Lipinski definition) is 0. The summed E-state index contributed by atoms with van der Waals surface area (Å²) in [5, 5.41) is 0. The fourth-order valence-corrected chi connectivity index (χ4v) is 2.49. The minimum Gasteiger partial charge on any atom is -0.463 e. The molecule has 0 aliphatic carbocycles. The molecule has 0 bridgehead atoms. The molecule has 1 rings (SSSR count). The van der Waals surface area contributed by atoms with E-state index in [1.165, 1.54) is 19.9 Å². The standard InChI is InChI=1S/C17H24O10/c1-6-7-22-15-14(24-10(3)19)13(8-23-9(2)18)27-17(26-12(5)21)16(15)25-11(4)20/h6,13-17H,1,7-8H2,2-5H3/t13-,14-,15+,16-,17+/m1/s1. The molecule has 1 aliphatic heterocycles. The van der Waals surface area contributed by atoms with Crippen LogP contribution in [0.4, 0.5) is 0 Å². The lowest BCUT2D eigenvalue weighted by Crippen LogP contribution is -2.62. The molecule has 10 nitrogen and oxygen atoms in total. The molecule has 1 fully saturated rings. The SMILES string of the molecule is C=CCO[C@@H]1[C@@H](OC(C)=O)[C@@H](OC(C)=O)O[C@H](COC(C)=O)[C@H]1OC(C)=O. The number of esters is 4. The zero-order valence-corrected chi connectivity index (χ0v) is 15.7. The van der Waals surface area contributed by atoms with Crippen molar-refractivity contribution in [1.29, 1.82) is 0 Å². The normalized spacial score (nSPS) is 27.2. The van der Waals surface area contributed by atoms with Crippen molar-refractivity contribution in [3.63, 3.8) is 0 Å². The predicted molar refractivity (Wildman–Crippen MR) is 88.1 cm³/mol. The molecule has 27 heavy (non-hydrogen) atoms. The molecule has 1 aliphatic rings. The lowest BCUT2D eigenvalue weighted by atomic mass is 9.98. The van der Waals surface area contributed by atoms with E-state index in [4.69, 9.17) is 28.4 Å². The van der Waals surface area contributed by atoms with Gasteiger partial charge in [0.2, 0.25) is 6.29 Å². The van der Waals surface area contributed by atoms with E-state index < -0.39 is 54.6 Å². The average Bonchev–Trinajstić information content (AvgIpc) is 2.53. The van der Waals surface area contributed by atoms with E-state index in [2.05, 4.69) is 6.58 Å². The summed E-state index contributed by atoms with van der Waals surface area (Å²) in [6.45, 7) is 7.93. The van der Waals surface area contributed by atoms with Gasteiger partial charge >= 0.3 is 23.9 Å². The molecule has 10 heteroatoms. The van der Waals surface area contributed by atoms with Gasteiger partial charge in [0.25, 0.3) is 0 Å². The first-order chi connectivity index (χ1) is 12.6. The number of rotatable bonds is 8. The van der Waals surface area contributed by atoms with Gasteiger partial charge in [-0.3, -0.25) is 19.2 Å². The Kier molecular flexibility index (Phi) is 8.89. The molecule has 152 valence electrons. The molecule has 0 aromatic heterocycles. The number of ether oxygens (including phenoxy) is 6. The van der Waals surface area contributed by atoms with Crippen molar-refractivity contribution in [3.8, 4) is 0 Å². The van der Waals surface area contributed by atoms with Gasteiger partial charge in [-0.15, -0.1) is 6.58 Å². The second-order valence-electron chi connectivity index (χ2n) is 5.69. The summed E-state index contributed by atoms with van der Waals surface area (Å²) in [4.78, 5) is 45.6. The lowest BCUT2D eigenvalue weighted by Gasteiger charge is -2.43. The topological polar surface area (TPSA) is 124 Å². The van der Waals surface area contributed by atoms with Crippen molar-refractivity contribution in [3.05, 3.63) is 12.7 Å². The van der Waals surface area contributed by atoms with E-state index in [0.717, 1.165) is 13.8 Å². The minimum absolute atomic E-state index is 0.0211. The summed E-state index contributed by atoms with van der Waals surface area (Å²) >= 11 is 0. The number of hydrogen-bond acceptors (Lipinski definition) is 10. The zero-order valence-electron chi connectivity index (χ0n) is 15.7. The van der Waals surface area contributed by atoms with Crippen molar-refractivity contribution in [1.82, 2.24) is 0 Å². The fourth-order valence-electron chi connectivity index (χ4n) is 2.49. The van der Waals surface area contributed by atoms with E-state index in [-0.39, 0.29) is 13.2 Å². The maximum Gasteiger partial charge on any atom is 0.305 e. The first kappa shape index (κ1) is 22.6. The van der Waals surface area contributed by atoms with Crippen LogP contribution in [0, 0.1) is 0 Å². The molecule has 0 amide bonds. The van der Waals surface area contributed by atoms with Gasteiger partial charge in [0.05, 0.1) is 6.61 Å². The Labute approximate surface area is 156 Å². The monoisotopic (exact) mass is 388 g/mol. The van der Waals surface area contributed by atoms with E-state index in [1.54, 1.807) is 0 Å². The third kappa shape index (κ3) is 7.35. The third-order valence-corrected chi connectivity index (χ3v) is 3.33. The molecule has 0 N–H and O–H groups in total. The minimum atomic E-state index is -1.35. The van der Waals surface area contributed by atoms with Crippen LogP contribution in [-0.4, -0.2) is 67.8 Å². The van der Waals surface area contributed by atoms with Crippen LogP contribution in [0.1, 0.15) is 27.7 Å². The second-order valence-corrected chi connectivity index (χ2v) is 5.69. The van der Waals surface area contributed by atoms with Gasteiger partial charge in [-0.25, -0.2) is 0 Å². The maximum atomic E-state index is 11.5. The Morgan fingerprint density at radius 1 is 0.852 bits per heavy atom. The highest BCUT2D eigenvalue weighted by atomic mass is 16.7. The number of carbonyl (C=O) groups is 4. The summed E-state index contributed by atoms with van der Waals surface area (Å²) in [6.07, 6.45) is -4.32. The Balaban J connectivity index is 3.24. The Hall–Kier alpha value is -2.46. The smallest absolute Gasteiger partial charge is 0.305 e. The molecule has 0 saturated carbocycles. The summed E-state index contributed by atoms with van der Waals surface area (Å²) in [6, 6.07) is 0. The molecule has 0 spiro atoms. The van der Waals surface area contributed by atoms with E-state index >= 15 is 0 Å². The maximum absolute atomic E-state index is 11.5. The molecular weight excluding hydrogens is 364 g/mol. The van der Waals surface area contributed by atoms with Crippen molar-refractivity contribution in [2.45, 2.75) is 58.4 Å². The zero-order chi connectivity index (χ0) is 20.6. The van der Waals surface area contributed by atoms with Crippen LogP contribution in [0.5, 0.6) is 0 Å². The van der Waals surface area contributed by atoms with E-state index in [1.807, 2.05) is 0 Å². The fraction of sp³-hybridized carbons (Fsp3) is 0.647. The molecule has 1 saturated heterocycles. The third-order valence-electron chi connectivity index (χ3n) is 3.33. The van der Waals surface area contributed by atoms with Crippen LogP contribution in [0.15, 0.2) is 12.7 Å². The van der Waals surface area contributed by atoms with Crippen LogP contribution in [0.25, 0.3) is 0 Å². The van der Waals surface area contributed by atoms with E-state index in [0.29, 0.717) is 0 Å². The molecule has 1 heterocycles. The summed E-state index contributed by atoms with van der Waals surface area (Å²) < 4.78 is 31.7. The van der Waals surface area contributed by atoms with Gasteiger partial charge in [-0.1, -0.05) is 6.08 Å². The van der Waals surface area contributed by atoms with Crippen molar-refractivity contribution in [2.75, 3.05) is 13.2 Å². The van der Waals surface area contributed by atoms with Crippen LogP contribution in [0.2, 0.25) is 0 Å².